The zero-order valence-corrected chi connectivity index (χ0v) is 34.2. The second-order valence-electron chi connectivity index (χ2n) is 14.4. The number of sulfonamides is 1. The van der Waals surface area contributed by atoms with Gasteiger partial charge >= 0.3 is 5.51 Å². The van der Waals surface area contributed by atoms with E-state index in [1.54, 1.807) is 18.2 Å². The first kappa shape index (κ1) is 44.0. The highest BCUT2D eigenvalue weighted by atomic mass is 32.2. The number of fused-ring (bicyclic) bond motifs is 1. The molecule has 0 aliphatic carbocycles. The molecule has 0 spiro atoms. The molecule has 2 saturated heterocycles. The third-order valence-electron chi connectivity index (χ3n) is 10.4. The number of anilines is 2. The van der Waals surface area contributed by atoms with Crippen molar-refractivity contribution in [3.63, 3.8) is 0 Å². The van der Waals surface area contributed by atoms with Crippen LogP contribution in [0.1, 0.15) is 52.8 Å². The molecule has 3 heterocycles. The summed E-state index contributed by atoms with van der Waals surface area (Å²) in [6.45, 7) is 5.09. The molecule has 2 fully saturated rings. The van der Waals surface area contributed by atoms with Gasteiger partial charge in [-0.1, -0.05) is 18.2 Å². The van der Waals surface area contributed by atoms with Crippen LogP contribution in [0.25, 0.3) is 0 Å². The predicted molar refractivity (Wildman–Crippen MR) is 214 cm³/mol. The molecule has 3 aliphatic rings. The molecule has 6 rings (SSSR count). The number of amides is 4. The summed E-state index contributed by atoms with van der Waals surface area (Å²) in [5, 5.41) is 13.6. The number of nitrogens with zero attached hydrogens (tertiary/aromatic N) is 3. The van der Waals surface area contributed by atoms with Gasteiger partial charge in [-0.15, -0.1) is 11.8 Å². The lowest BCUT2D eigenvalue weighted by atomic mass is 10.0. The Morgan fingerprint density at radius 1 is 0.847 bits per heavy atom. The van der Waals surface area contributed by atoms with Gasteiger partial charge in [-0.05, 0) is 80.8 Å². The van der Waals surface area contributed by atoms with Gasteiger partial charge in [-0.25, -0.2) is 22.0 Å². The van der Waals surface area contributed by atoms with Gasteiger partial charge in [0.1, 0.15) is 10.9 Å². The van der Waals surface area contributed by atoms with Gasteiger partial charge < -0.3 is 20.4 Å². The predicted octanol–water partition coefficient (Wildman–Crippen LogP) is 3.50. The average molecular weight is 880 g/mol. The number of hydrogen-bond acceptors (Lipinski definition) is 13. The summed E-state index contributed by atoms with van der Waals surface area (Å²) in [4.78, 5) is 54.4. The van der Waals surface area contributed by atoms with E-state index >= 15 is 0 Å². The van der Waals surface area contributed by atoms with Crippen LogP contribution in [0.15, 0.2) is 81.4 Å². The molecule has 3 aromatic carbocycles. The van der Waals surface area contributed by atoms with Gasteiger partial charge in [0.25, 0.3) is 21.7 Å². The van der Waals surface area contributed by atoms with Gasteiger partial charge in [-0.3, -0.25) is 29.4 Å². The van der Waals surface area contributed by atoms with Crippen LogP contribution < -0.4 is 21.1 Å². The third-order valence-corrected chi connectivity index (χ3v) is 14.0. The van der Waals surface area contributed by atoms with Crippen LogP contribution in [0.4, 0.5) is 24.5 Å². The van der Waals surface area contributed by atoms with Crippen LogP contribution >= 0.6 is 11.8 Å². The topological polar surface area (TPSA) is 208 Å². The number of thioether (sulfide) groups is 1. The van der Waals surface area contributed by atoms with Crippen molar-refractivity contribution < 1.29 is 49.2 Å². The van der Waals surface area contributed by atoms with E-state index < -0.39 is 70.9 Å². The third kappa shape index (κ3) is 10.6. The molecule has 5 N–H and O–H groups in total. The maximum atomic E-state index is 13.7. The van der Waals surface area contributed by atoms with E-state index in [9.17, 15) is 49.2 Å². The number of carbonyl (C=O) groups excluding carboxylic acids is 4. The standard InChI is InChI=1S/C38H44F3N7O8S3/c39-38(40,41)58(53,54)33-23-28(59(42,55)56)9-11-31(33)44-26(24-57-27-6-2-1-3-7-27)14-17-47-20-18-46(19-21-47)16-5-4-15-43-25-8-10-29-30(22-25)37(52)48(36(29)51)32-12-13-34(49)45-35(32)50/h1-3,6-11,22-23,26,32,43-44H,4-5,12-21,24H2,(H2,42,55,56)(H,45,49,50). The van der Waals surface area contributed by atoms with Crippen LogP contribution in [0.3, 0.4) is 0 Å². The zero-order valence-electron chi connectivity index (χ0n) is 31.7. The van der Waals surface area contributed by atoms with Crippen LogP contribution in [0.5, 0.6) is 0 Å². The fourth-order valence-electron chi connectivity index (χ4n) is 7.13. The summed E-state index contributed by atoms with van der Waals surface area (Å²) in [6, 6.07) is 15.1. The van der Waals surface area contributed by atoms with Crippen molar-refractivity contribution in [1.82, 2.24) is 20.0 Å². The molecule has 0 radical (unpaired) electrons. The number of rotatable bonds is 17. The molecule has 0 aromatic heterocycles. The Bertz CT molecular complexity index is 2290. The number of piperidine rings is 1. The minimum absolute atomic E-state index is 0.0441. The largest absolute Gasteiger partial charge is 0.501 e. The van der Waals surface area contributed by atoms with Crippen LogP contribution in [0, 0.1) is 0 Å². The highest BCUT2D eigenvalue weighted by Crippen LogP contribution is 2.37. The molecule has 4 amide bonds. The molecule has 2 unspecified atom stereocenters. The molecular weight excluding hydrogens is 836 g/mol. The van der Waals surface area contributed by atoms with Crippen molar-refractivity contribution in [2.45, 2.75) is 64.4 Å². The summed E-state index contributed by atoms with van der Waals surface area (Å²) in [7, 11) is -10.4. The van der Waals surface area contributed by atoms with E-state index in [1.165, 1.54) is 11.8 Å². The number of carbonyl (C=O) groups is 4. The molecule has 0 saturated carbocycles. The Labute approximate surface area is 344 Å². The Morgan fingerprint density at radius 3 is 2.19 bits per heavy atom. The summed E-state index contributed by atoms with van der Waals surface area (Å²) in [5.41, 5.74) is -4.97. The van der Waals surface area contributed by atoms with Gasteiger partial charge in [0.15, 0.2) is 0 Å². The number of imide groups is 2. The quantitative estimate of drug-likeness (QED) is 0.0872. The Kier molecular flexibility index (Phi) is 13.7. The average Bonchev–Trinajstić information content (AvgIpc) is 3.43. The van der Waals surface area contributed by atoms with Crippen molar-refractivity contribution in [3.8, 4) is 0 Å². The molecule has 15 nitrogen and oxygen atoms in total. The number of benzene rings is 3. The Hall–Kier alpha value is -4.54. The number of primary sulfonamides is 1. The van der Waals surface area contributed by atoms with Gasteiger partial charge in [-0.2, -0.15) is 13.2 Å². The lowest BCUT2D eigenvalue weighted by Gasteiger charge is -2.35. The molecule has 318 valence electrons. The van der Waals surface area contributed by atoms with Gasteiger partial charge in [0.05, 0.1) is 21.7 Å². The molecular formula is C38H44F3N7O8S3. The van der Waals surface area contributed by atoms with Gasteiger partial charge in [0.2, 0.25) is 21.8 Å². The Balaban J connectivity index is 0.983. The summed E-state index contributed by atoms with van der Waals surface area (Å²) in [6.07, 6.45) is 2.28. The number of nitrogens with one attached hydrogen (secondary N) is 3. The molecule has 59 heavy (non-hydrogen) atoms. The van der Waals surface area contributed by atoms with E-state index in [0.717, 1.165) is 67.5 Å². The number of nitrogens with two attached hydrogens (primary N) is 1. The maximum Gasteiger partial charge on any atom is 0.501 e. The molecule has 21 heteroatoms. The highest BCUT2D eigenvalue weighted by molar-refractivity contribution is 7.99. The van der Waals surface area contributed by atoms with Crippen LogP contribution in [-0.2, 0) is 29.4 Å². The van der Waals surface area contributed by atoms with E-state index in [0.29, 0.717) is 37.0 Å². The number of hydrogen-bond donors (Lipinski definition) is 4. The number of halogens is 3. The maximum absolute atomic E-state index is 13.7. The lowest BCUT2D eigenvalue weighted by molar-refractivity contribution is -0.136. The monoisotopic (exact) mass is 879 g/mol. The summed E-state index contributed by atoms with van der Waals surface area (Å²) in [5.74, 6) is -1.85. The fraction of sp³-hybridized carbons (Fsp3) is 0.421. The SMILES string of the molecule is NS(=O)(=O)c1ccc(NC(CCN2CCN(CCCCNc3ccc4c(c3)C(=O)N(C3CCC(=O)NC3=O)C4=O)CC2)CSc2ccccc2)c(S(=O)(=O)C(F)(F)F)c1. The number of piperazine rings is 1. The zero-order chi connectivity index (χ0) is 42.5. The molecule has 3 aliphatic heterocycles. The first-order chi connectivity index (χ1) is 27.9. The normalized spacial score (nSPS) is 18.8. The van der Waals surface area contributed by atoms with Crippen LogP contribution in [0.2, 0.25) is 0 Å². The first-order valence-corrected chi connectivity index (χ1v) is 22.9. The van der Waals surface area contributed by atoms with Gasteiger partial charge in [0, 0.05) is 68.1 Å². The smallest absolute Gasteiger partial charge is 0.385 e. The summed E-state index contributed by atoms with van der Waals surface area (Å²) < 4.78 is 90.3. The minimum Gasteiger partial charge on any atom is -0.385 e. The molecule has 3 aromatic rings. The number of unbranched alkanes of at least 4 members (excludes halogenated alkanes) is 1. The van der Waals surface area contributed by atoms with E-state index in [1.807, 2.05) is 30.3 Å². The molecule has 2 atom stereocenters. The van der Waals surface area contributed by atoms with E-state index in [-0.39, 0.29) is 29.7 Å². The van der Waals surface area contributed by atoms with Crippen molar-refractivity contribution in [1.29, 1.82) is 0 Å². The number of alkyl halides is 3. The van der Waals surface area contributed by atoms with Crippen molar-refractivity contribution in [3.05, 3.63) is 77.9 Å². The van der Waals surface area contributed by atoms with Crippen molar-refractivity contribution in [2.24, 2.45) is 5.14 Å². The highest BCUT2D eigenvalue weighted by Gasteiger charge is 2.49. The first-order valence-electron chi connectivity index (χ1n) is 18.9. The molecule has 0 bridgehead atoms. The summed E-state index contributed by atoms with van der Waals surface area (Å²) >= 11 is 1.45. The second-order valence-corrected chi connectivity index (χ2v) is 19.0. The van der Waals surface area contributed by atoms with E-state index in [2.05, 4.69) is 25.8 Å². The fourth-order valence-corrected chi connectivity index (χ4v) is 9.68. The van der Waals surface area contributed by atoms with Crippen LogP contribution in [-0.4, -0.2) is 124 Å². The number of sulfone groups is 1. The second kappa shape index (κ2) is 18.4. The minimum atomic E-state index is -5.94. The van der Waals surface area contributed by atoms with Crippen molar-refractivity contribution >= 4 is 66.6 Å². The van der Waals surface area contributed by atoms with E-state index in [4.69, 9.17) is 5.14 Å². The lowest BCUT2D eigenvalue weighted by Crippen LogP contribution is -2.54. The van der Waals surface area contributed by atoms with Crippen molar-refractivity contribution in [2.75, 3.05) is 62.2 Å². The Morgan fingerprint density at radius 2 is 1.53 bits per heavy atom.